The summed E-state index contributed by atoms with van der Waals surface area (Å²) in [4.78, 5) is 0. The molecule has 0 amide bonds. The number of hydrogen-bond donors (Lipinski definition) is 1. The highest BCUT2D eigenvalue weighted by Gasteiger charge is 2.35. The first-order chi connectivity index (χ1) is 9.85. The van der Waals surface area contributed by atoms with Crippen LogP contribution in [0, 0.1) is 11.3 Å². The molecule has 1 aromatic rings. The molecule has 2 rings (SSSR count). The molecule has 0 radical (unpaired) electrons. The van der Waals surface area contributed by atoms with E-state index in [1.807, 2.05) is 0 Å². The summed E-state index contributed by atoms with van der Waals surface area (Å²) in [7, 11) is 0. The Morgan fingerprint density at radius 3 is 2.62 bits per heavy atom. The van der Waals surface area contributed by atoms with Crippen LogP contribution in [-0.4, -0.2) is 5.11 Å². The molecular formula is C20H32O. The molecule has 1 aliphatic carbocycles. The van der Waals surface area contributed by atoms with Gasteiger partial charge in [-0.15, -0.1) is 0 Å². The Balaban J connectivity index is 2.16. The maximum Gasteiger partial charge on any atom is 0.0896 e. The highest BCUT2D eigenvalue weighted by molar-refractivity contribution is 5.28. The molecule has 1 saturated carbocycles. The van der Waals surface area contributed by atoms with Gasteiger partial charge >= 0.3 is 0 Å². The Hall–Kier alpha value is -0.820. The Bertz CT molecular complexity index is 457. The Morgan fingerprint density at radius 2 is 1.95 bits per heavy atom. The molecule has 1 N–H and O–H groups in total. The minimum absolute atomic E-state index is 0.356. The molecule has 0 saturated heterocycles. The van der Waals surface area contributed by atoms with Crippen LogP contribution in [0.25, 0.3) is 0 Å². The van der Waals surface area contributed by atoms with Crippen molar-refractivity contribution in [2.45, 2.75) is 78.2 Å². The zero-order valence-electron chi connectivity index (χ0n) is 14.3. The van der Waals surface area contributed by atoms with Crippen molar-refractivity contribution in [1.82, 2.24) is 0 Å². The summed E-state index contributed by atoms with van der Waals surface area (Å²) in [5.41, 5.74) is 2.25. The summed E-state index contributed by atoms with van der Waals surface area (Å²) in [5, 5.41) is 11.2. The number of aryl methyl sites for hydroxylation is 1. The summed E-state index contributed by atoms with van der Waals surface area (Å²) < 4.78 is 0. The van der Waals surface area contributed by atoms with Gasteiger partial charge in [-0.2, -0.15) is 0 Å². The quantitative estimate of drug-likeness (QED) is 0.733. The third-order valence-electron chi connectivity index (χ3n) is 5.28. The zero-order chi connectivity index (χ0) is 15.5. The standard InChI is InChI=1S/C20H32O/c1-5-8-16-9-6-10-18(15-16)20(21)13-7-11-17(12-14-20)19(2,3)4/h6,9-10,15,17,21H,5,7-8,11-14H2,1-4H3. The maximum absolute atomic E-state index is 11.2. The first kappa shape index (κ1) is 16.5. The Kier molecular flexibility index (Phi) is 5.14. The van der Waals surface area contributed by atoms with Crippen molar-refractivity contribution in [3.05, 3.63) is 35.4 Å². The van der Waals surface area contributed by atoms with Gasteiger partial charge in [0.15, 0.2) is 0 Å². The van der Waals surface area contributed by atoms with Crippen molar-refractivity contribution in [2.75, 3.05) is 0 Å². The van der Waals surface area contributed by atoms with Gasteiger partial charge in [-0.25, -0.2) is 0 Å². The summed E-state index contributed by atoms with van der Waals surface area (Å²) in [5.74, 6) is 0.727. The average Bonchev–Trinajstić information content (AvgIpc) is 2.62. The molecular weight excluding hydrogens is 256 g/mol. The van der Waals surface area contributed by atoms with E-state index in [2.05, 4.69) is 52.0 Å². The lowest BCUT2D eigenvalue weighted by molar-refractivity contribution is 0.0179. The molecule has 0 spiro atoms. The molecule has 1 aliphatic rings. The molecule has 118 valence electrons. The molecule has 1 aromatic carbocycles. The van der Waals surface area contributed by atoms with E-state index in [4.69, 9.17) is 0 Å². The van der Waals surface area contributed by atoms with Crippen molar-refractivity contribution < 1.29 is 5.11 Å². The minimum atomic E-state index is -0.607. The Morgan fingerprint density at radius 1 is 1.19 bits per heavy atom. The minimum Gasteiger partial charge on any atom is -0.385 e. The number of hydrogen-bond acceptors (Lipinski definition) is 1. The number of rotatable bonds is 3. The van der Waals surface area contributed by atoms with E-state index in [0.717, 1.165) is 50.0 Å². The van der Waals surface area contributed by atoms with Crippen molar-refractivity contribution >= 4 is 0 Å². The first-order valence-electron chi connectivity index (χ1n) is 8.67. The normalized spacial score (nSPS) is 27.4. The molecule has 0 aromatic heterocycles. The van der Waals surface area contributed by atoms with E-state index >= 15 is 0 Å². The lowest BCUT2D eigenvalue weighted by atomic mass is 9.76. The van der Waals surface area contributed by atoms with Crippen LogP contribution in [0.4, 0.5) is 0 Å². The van der Waals surface area contributed by atoms with Gasteiger partial charge in [0.2, 0.25) is 0 Å². The molecule has 0 bridgehead atoms. The lowest BCUT2D eigenvalue weighted by Gasteiger charge is -2.31. The molecule has 0 heterocycles. The van der Waals surface area contributed by atoms with Crippen LogP contribution in [0.5, 0.6) is 0 Å². The van der Waals surface area contributed by atoms with Crippen LogP contribution < -0.4 is 0 Å². The van der Waals surface area contributed by atoms with Crippen LogP contribution in [0.2, 0.25) is 0 Å². The van der Waals surface area contributed by atoms with Crippen molar-refractivity contribution in [2.24, 2.45) is 11.3 Å². The third-order valence-corrected chi connectivity index (χ3v) is 5.28. The summed E-state index contributed by atoms with van der Waals surface area (Å²) in [6.45, 7) is 9.22. The van der Waals surface area contributed by atoms with Gasteiger partial charge < -0.3 is 5.11 Å². The van der Waals surface area contributed by atoms with Crippen LogP contribution in [0.1, 0.15) is 77.3 Å². The van der Waals surface area contributed by atoms with Gasteiger partial charge in [0.25, 0.3) is 0 Å². The zero-order valence-corrected chi connectivity index (χ0v) is 14.3. The van der Waals surface area contributed by atoms with Crippen LogP contribution in [-0.2, 0) is 12.0 Å². The second-order valence-corrected chi connectivity index (χ2v) is 7.98. The van der Waals surface area contributed by atoms with Crippen LogP contribution in [0.15, 0.2) is 24.3 Å². The lowest BCUT2D eigenvalue weighted by Crippen LogP contribution is -2.26. The van der Waals surface area contributed by atoms with E-state index in [-0.39, 0.29) is 0 Å². The fourth-order valence-electron chi connectivity index (χ4n) is 3.78. The van der Waals surface area contributed by atoms with Gasteiger partial charge in [0.05, 0.1) is 5.60 Å². The number of aliphatic hydroxyl groups is 1. The van der Waals surface area contributed by atoms with E-state index in [1.54, 1.807) is 0 Å². The largest absolute Gasteiger partial charge is 0.385 e. The van der Waals surface area contributed by atoms with Crippen LogP contribution in [0.3, 0.4) is 0 Å². The summed E-state index contributed by atoms with van der Waals surface area (Å²) in [6.07, 6.45) is 7.61. The van der Waals surface area contributed by atoms with Crippen molar-refractivity contribution in [1.29, 1.82) is 0 Å². The van der Waals surface area contributed by atoms with E-state index in [9.17, 15) is 5.11 Å². The topological polar surface area (TPSA) is 20.2 Å². The van der Waals surface area contributed by atoms with E-state index < -0.39 is 5.60 Å². The fourth-order valence-corrected chi connectivity index (χ4v) is 3.78. The van der Waals surface area contributed by atoms with Crippen molar-refractivity contribution in [3.63, 3.8) is 0 Å². The second kappa shape index (κ2) is 6.52. The summed E-state index contributed by atoms with van der Waals surface area (Å²) >= 11 is 0. The molecule has 0 aliphatic heterocycles. The predicted molar refractivity (Wildman–Crippen MR) is 90.4 cm³/mol. The van der Waals surface area contributed by atoms with Gasteiger partial charge in [0, 0.05) is 0 Å². The fraction of sp³-hybridized carbons (Fsp3) is 0.700. The molecule has 21 heavy (non-hydrogen) atoms. The second-order valence-electron chi connectivity index (χ2n) is 7.98. The molecule has 1 nitrogen and oxygen atoms in total. The SMILES string of the molecule is CCCc1cccc(C2(O)CCCC(C(C)(C)C)CC2)c1. The monoisotopic (exact) mass is 288 g/mol. The predicted octanol–water partition coefficient (Wildman–Crippen LogP) is 5.45. The molecule has 2 unspecified atom stereocenters. The third kappa shape index (κ3) is 4.10. The van der Waals surface area contributed by atoms with E-state index in [1.165, 1.54) is 12.0 Å². The highest BCUT2D eigenvalue weighted by Crippen LogP contribution is 2.43. The number of benzene rings is 1. The van der Waals surface area contributed by atoms with Gasteiger partial charge in [0.1, 0.15) is 0 Å². The van der Waals surface area contributed by atoms with Crippen molar-refractivity contribution in [3.8, 4) is 0 Å². The van der Waals surface area contributed by atoms with Gasteiger partial charge in [-0.05, 0) is 61.0 Å². The van der Waals surface area contributed by atoms with Gasteiger partial charge in [-0.3, -0.25) is 0 Å². The smallest absolute Gasteiger partial charge is 0.0896 e. The molecule has 2 atom stereocenters. The average molecular weight is 288 g/mol. The highest BCUT2D eigenvalue weighted by atomic mass is 16.3. The van der Waals surface area contributed by atoms with E-state index in [0.29, 0.717) is 5.41 Å². The summed E-state index contributed by atoms with van der Waals surface area (Å²) in [6, 6.07) is 8.66. The Labute approximate surface area is 130 Å². The molecule has 1 fully saturated rings. The maximum atomic E-state index is 11.2. The first-order valence-corrected chi connectivity index (χ1v) is 8.67. The van der Waals surface area contributed by atoms with Gasteiger partial charge in [-0.1, -0.05) is 58.4 Å². The van der Waals surface area contributed by atoms with Crippen LogP contribution >= 0.6 is 0 Å². The molecule has 1 heteroatoms.